The van der Waals surface area contributed by atoms with E-state index < -0.39 is 6.10 Å². The first-order valence-corrected chi connectivity index (χ1v) is 7.15. The molecule has 0 fully saturated rings. The van der Waals surface area contributed by atoms with Crippen molar-refractivity contribution in [2.24, 2.45) is 0 Å². The second kappa shape index (κ2) is 7.14. The largest absolute Gasteiger partial charge is 0.481 e. The number of rotatable bonds is 5. The maximum atomic E-state index is 12.3. The predicted molar refractivity (Wildman–Crippen MR) is 84.5 cm³/mol. The molecule has 0 aliphatic rings. The van der Waals surface area contributed by atoms with Gasteiger partial charge >= 0.3 is 0 Å². The van der Waals surface area contributed by atoms with Gasteiger partial charge in [0, 0.05) is 18.6 Å². The summed E-state index contributed by atoms with van der Waals surface area (Å²) in [6.07, 6.45) is -0.542. The van der Waals surface area contributed by atoms with E-state index in [9.17, 15) is 4.79 Å². The lowest BCUT2D eigenvalue weighted by molar-refractivity contribution is -0.137. The number of carbonyl (C=O) groups excluding carboxylic acids is 1. The fraction of sp³-hybridized carbons (Fsp3) is 0.235. The molecule has 1 atom stereocenters. The molecule has 0 aliphatic heterocycles. The summed E-state index contributed by atoms with van der Waals surface area (Å²) in [5.74, 6) is 0.571. The monoisotopic (exact) mass is 303 g/mol. The van der Waals surface area contributed by atoms with Crippen molar-refractivity contribution in [3.8, 4) is 5.75 Å². The van der Waals surface area contributed by atoms with E-state index in [1.54, 1.807) is 43.1 Å². The molecule has 0 aliphatic carbocycles. The average molecular weight is 304 g/mol. The van der Waals surface area contributed by atoms with Crippen LogP contribution in [0.15, 0.2) is 54.6 Å². The Morgan fingerprint density at radius 3 is 2.38 bits per heavy atom. The fourth-order valence-electron chi connectivity index (χ4n) is 2.01. The van der Waals surface area contributed by atoms with E-state index in [0.717, 1.165) is 5.56 Å². The van der Waals surface area contributed by atoms with E-state index in [4.69, 9.17) is 16.3 Å². The van der Waals surface area contributed by atoms with Crippen LogP contribution in [-0.4, -0.2) is 24.0 Å². The topological polar surface area (TPSA) is 29.5 Å². The summed E-state index contributed by atoms with van der Waals surface area (Å²) in [5, 5.41) is 0.641. The summed E-state index contributed by atoms with van der Waals surface area (Å²) in [5.41, 5.74) is 1.09. The van der Waals surface area contributed by atoms with Crippen molar-refractivity contribution in [1.29, 1.82) is 0 Å². The number of ether oxygens (including phenoxy) is 1. The molecule has 0 radical (unpaired) electrons. The van der Waals surface area contributed by atoms with Gasteiger partial charge in [-0.15, -0.1) is 0 Å². The molecule has 21 heavy (non-hydrogen) atoms. The van der Waals surface area contributed by atoms with Crippen molar-refractivity contribution >= 4 is 17.5 Å². The highest BCUT2D eigenvalue weighted by atomic mass is 35.5. The second-order valence-corrected chi connectivity index (χ2v) is 5.33. The van der Waals surface area contributed by atoms with Crippen molar-refractivity contribution in [2.75, 3.05) is 7.05 Å². The highest BCUT2D eigenvalue weighted by Crippen LogP contribution is 2.17. The number of likely N-dealkylation sites (N-methyl/N-ethyl adjacent to an activating group) is 1. The Bertz CT molecular complexity index is 583. The SMILES string of the molecule is CC(Oc1ccc(Cl)cc1)C(=O)N(C)Cc1ccccc1. The molecule has 0 N–H and O–H groups in total. The molecule has 2 rings (SSSR count). The Morgan fingerprint density at radius 1 is 1.14 bits per heavy atom. The molecule has 110 valence electrons. The Kier molecular flexibility index (Phi) is 5.23. The van der Waals surface area contributed by atoms with E-state index in [0.29, 0.717) is 17.3 Å². The van der Waals surface area contributed by atoms with Crippen LogP contribution in [0.4, 0.5) is 0 Å². The van der Waals surface area contributed by atoms with Gasteiger partial charge in [0.1, 0.15) is 5.75 Å². The van der Waals surface area contributed by atoms with Crippen LogP contribution in [-0.2, 0) is 11.3 Å². The zero-order valence-electron chi connectivity index (χ0n) is 12.1. The third-order valence-electron chi connectivity index (χ3n) is 3.11. The average Bonchev–Trinajstić information content (AvgIpc) is 2.49. The molecule has 1 amide bonds. The van der Waals surface area contributed by atoms with Gasteiger partial charge in [-0.05, 0) is 36.8 Å². The molecular formula is C17H18ClNO2. The standard InChI is InChI=1S/C17H18ClNO2/c1-13(21-16-10-8-15(18)9-11-16)17(20)19(2)12-14-6-4-3-5-7-14/h3-11,13H,12H2,1-2H3. The molecule has 0 aromatic heterocycles. The Hall–Kier alpha value is -2.00. The van der Waals surface area contributed by atoms with Crippen molar-refractivity contribution < 1.29 is 9.53 Å². The normalized spacial score (nSPS) is 11.8. The van der Waals surface area contributed by atoms with E-state index in [1.807, 2.05) is 30.3 Å². The molecule has 2 aromatic rings. The smallest absolute Gasteiger partial charge is 0.263 e. The Labute approximate surface area is 130 Å². The number of hydrogen-bond acceptors (Lipinski definition) is 2. The first-order valence-electron chi connectivity index (χ1n) is 6.77. The van der Waals surface area contributed by atoms with Gasteiger partial charge in [0.05, 0.1) is 0 Å². The van der Waals surface area contributed by atoms with E-state index >= 15 is 0 Å². The van der Waals surface area contributed by atoms with Crippen molar-refractivity contribution in [2.45, 2.75) is 19.6 Å². The van der Waals surface area contributed by atoms with Gasteiger partial charge in [0.2, 0.25) is 0 Å². The predicted octanol–water partition coefficient (Wildman–Crippen LogP) is 3.77. The fourth-order valence-corrected chi connectivity index (χ4v) is 2.14. The molecule has 0 bridgehead atoms. The summed E-state index contributed by atoms with van der Waals surface area (Å²) < 4.78 is 5.64. The van der Waals surface area contributed by atoms with Crippen molar-refractivity contribution in [3.05, 3.63) is 65.2 Å². The molecule has 4 heteroatoms. The lowest BCUT2D eigenvalue weighted by Gasteiger charge is -2.22. The molecule has 3 nitrogen and oxygen atoms in total. The van der Waals surface area contributed by atoms with Gasteiger partial charge in [-0.25, -0.2) is 0 Å². The maximum absolute atomic E-state index is 12.3. The highest BCUT2D eigenvalue weighted by Gasteiger charge is 2.19. The Balaban J connectivity index is 1.93. The molecule has 1 unspecified atom stereocenters. The number of benzene rings is 2. The summed E-state index contributed by atoms with van der Waals surface area (Å²) in [4.78, 5) is 14.0. The summed E-state index contributed by atoms with van der Waals surface area (Å²) in [6, 6.07) is 16.8. The molecular weight excluding hydrogens is 286 g/mol. The minimum Gasteiger partial charge on any atom is -0.481 e. The Morgan fingerprint density at radius 2 is 1.76 bits per heavy atom. The van der Waals surface area contributed by atoms with Crippen LogP contribution >= 0.6 is 11.6 Å². The van der Waals surface area contributed by atoms with Crippen LogP contribution in [0.5, 0.6) is 5.75 Å². The number of carbonyl (C=O) groups is 1. The molecule has 2 aromatic carbocycles. The molecule has 0 saturated heterocycles. The number of hydrogen-bond donors (Lipinski definition) is 0. The minimum absolute atomic E-state index is 0.0613. The first-order chi connectivity index (χ1) is 10.1. The minimum atomic E-state index is -0.542. The van der Waals surface area contributed by atoms with E-state index in [1.165, 1.54) is 0 Å². The van der Waals surface area contributed by atoms with Gasteiger partial charge < -0.3 is 9.64 Å². The van der Waals surface area contributed by atoms with Crippen molar-refractivity contribution in [1.82, 2.24) is 4.90 Å². The zero-order chi connectivity index (χ0) is 15.2. The lowest BCUT2D eigenvalue weighted by atomic mass is 10.2. The molecule has 0 heterocycles. The highest BCUT2D eigenvalue weighted by molar-refractivity contribution is 6.30. The van der Waals surface area contributed by atoms with Crippen LogP contribution in [0.3, 0.4) is 0 Å². The molecule has 0 spiro atoms. The van der Waals surface area contributed by atoms with Crippen LogP contribution in [0.2, 0.25) is 5.02 Å². The van der Waals surface area contributed by atoms with Gasteiger partial charge in [0.25, 0.3) is 5.91 Å². The first kappa shape index (κ1) is 15.4. The summed E-state index contributed by atoms with van der Waals surface area (Å²) in [7, 11) is 1.77. The quantitative estimate of drug-likeness (QED) is 0.841. The van der Waals surface area contributed by atoms with Gasteiger partial charge in [-0.3, -0.25) is 4.79 Å². The van der Waals surface area contributed by atoms with E-state index in [2.05, 4.69) is 0 Å². The van der Waals surface area contributed by atoms with E-state index in [-0.39, 0.29) is 5.91 Å². The summed E-state index contributed by atoms with van der Waals surface area (Å²) >= 11 is 5.82. The number of nitrogens with zero attached hydrogens (tertiary/aromatic N) is 1. The number of halogens is 1. The van der Waals surface area contributed by atoms with Crippen LogP contribution in [0.1, 0.15) is 12.5 Å². The number of amides is 1. The van der Waals surface area contributed by atoms with Crippen LogP contribution in [0, 0.1) is 0 Å². The third kappa shape index (κ3) is 4.50. The van der Waals surface area contributed by atoms with Gasteiger partial charge in [0.15, 0.2) is 6.10 Å². The maximum Gasteiger partial charge on any atom is 0.263 e. The van der Waals surface area contributed by atoms with Gasteiger partial charge in [-0.1, -0.05) is 41.9 Å². The second-order valence-electron chi connectivity index (χ2n) is 4.89. The van der Waals surface area contributed by atoms with Crippen LogP contribution < -0.4 is 4.74 Å². The lowest BCUT2D eigenvalue weighted by Crippen LogP contribution is -2.37. The van der Waals surface area contributed by atoms with Crippen molar-refractivity contribution in [3.63, 3.8) is 0 Å². The third-order valence-corrected chi connectivity index (χ3v) is 3.37. The van der Waals surface area contributed by atoms with Crippen LogP contribution in [0.25, 0.3) is 0 Å². The zero-order valence-corrected chi connectivity index (χ0v) is 12.9. The molecule has 0 saturated carbocycles. The summed E-state index contributed by atoms with van der Waals surface area (Å²) in [6.45, 7) is 2.31. The van der Waals surface area contributed by atoms with Gasteiger partial charge in [-0.2, -0.15) is 0 Å².